The Bertz CT molecular complexity index is 870. The van der Waals surface area contributed by atoms with Crippen LogP contribution in [-0.4, -0.2) is 25.8 Å². The first-order valence-corrected chi connectivity index (χ1v) is 8.86. The van der Waals surface area contributed by atoms with Crippen LogP contribution < -0.4 is 0 Å². The van der Waals surface area contributed by atoms with Crippen molar-refractivity contribution in [3.63, 3.8) is 0 Å². The summed E-state index contributed by atoms with van der Waals surface area (Å²) >= 11 is 1.51. The summed E-state index contributed by atoms with van der Waals surface area (Å²) in [7, 11) is 0. The number of hydrogen-bond donors (Lipinski definition) is 0. The topological polar surface area (TPSA) is 60.9 Å². The number of Topliss-reactive ketones (excluding diaryl/α,β-unsaturated/α-hetero) is 1. The first kappa shape index (κ1) is 15.2. The van der Waals surface area contributed by atoms with E-state index in [0.717, 1.165) is 40.8 Å². The second kappa shape index (κ2) is 6.28. The number of nitrogens with zero attached hydrogens (tertiary/aromatic N) is 3. The maximum atomic E-state index is 12.0. The highest BCUT2D eigenvalue weighted by molar-refractivity contribution is 8.00. The van der Waals surface area contributed by atoms with Gasteiger partial charge in [0.15, 0.2) is 11.0 Å². The van der Waals surface area contributed by atoms with Gasteiger partial charge in [-0.25, -0.2) is 0 Å². The summed E-state index contributed by atoms with van der Waals surface area (Å²) in [6.07, 6.45) is 4.20. The number of carbonyl (C=O) groups is 1. The van der Waals surface area contributed by atoms with E-state index in [0.29, 0.717) is 12.2 Å². The van der Waals surface area contributed by atoms with Gasteiger partial charge < -0.3 is 4.42 Å². The largest absolute Gasteiger partial charge is 0.469 e. The molecule has 0 saturated heterocycles. The number of carbonyl (C=O) groups excluding carboxylic acids is 1. The van der Waals surface area contributed by atoms with Crippen LogP contribution in [0, 0.1) is 6.92 Å². The van der Waals surface area contributed by atoms with Crippen molar-refractivity contribution in [3.8, 4) is 17.1 Å². The lowest BCUT2D eigenvalue weighted by Gasteiger charge is -2.11. The van der Waals surface area contributed by atoms with E-state index in [4.69, 9.17) is 4.42 Å². The molecule has 0 bridgehead atoms. The average Bonchev–Trinajstić information content (AvgIpc) is 3.30. The predicted octanol–water partition coefficient (Wildman–Crippen LogP) is 4.05. The summed E-state index contributed by atoms with van der Waals surface area (Å²) in [5.41, 5.74) is 1.89. The van der Waals surface area contributed by atoms with Gasteiger partial charge in [0.1, 0.15) is 11.5 Å². The normalized spacial score (nSPS) is 17.5. The number of aryl methyl sites for hydroxylation is 1. The first-order chi connectivity index (χ1) is 11.7. The van der Waals surface area contributed by atoms with Gasteiger partial charge in [0.05, 0.1) is 17.1 Å². The van der Waals surface area contributed by atoms with Crippen molar-refractivity contribution >= 4 is 17.5 Å². The molecule has 1 saturated carbocycles. The molecule has 6 heteroatoms. The van der Waals surface area contributed by atoms with E-state index in [9.17, 15) is 4.79 Å². The van der Waals surface area contributed by atoms with Crippen LogP contribution in [0.2, 0.25) is 0 Å². The summed E-state index contributed by atoms with van der Waals surface area (Å²) in [4.78, 5) is 12.0. The van der Waals surface area contributed by atoms with E-state index in [-0.39, 0.29) is 5.25 Å². The predicted molar refractivity (Wildman–Crippen MR) is 92.3 cm³/mol. The standard InChI is InChI=1S/C18H17N3O2S/c1-12-14(10-11-23-12)17-19-20-18(24-16-9-5-8-15(16)22)21(17)13-6-3-2-4-7-13/h2-4,6-7,10-11,16H,5,8-9H2,1H3. The van der Waals surface area contributed by atoms with Gasteiger partial charge in [-0.3, -0.25) is 9.36 Å². The summed E-state index contributed by atoms with van der Waals surface area (Å²) < 4.78 is 7.44. The third-order valence-electron chi connectivity index (χ3n) is 4.24. The fourth-order valence-electron chi connectivity index (χ4n) is 2.98. The molecule has 1 fully saturated rings. The fraction of sp³-hybridized carbons (Fsp3) is 0.278. The zero-order valence-corrected chi connectivity index (χ0v) is 14.1. The lowest BCUT2D eigenvalue weighted by molar-refractivity contribution is -0.116. The Labute approximate surface area is 144 Å². The first-order valence-electron chi connectivity index (χ1n) is 7.98. The lowest BCUT2D eigenvalue weighted by Crippen LogP contribution is -2.10. The molecule has 2 heterocycles. The van der Waals surface area contributed by atoms with E-state index in [1.54, 1.807) is 6.26 Å². The van der Waals surface area contributed by atoms with Gasteiger partial charge in [-0.05, 0) is 38.0 Å². The molecule has 1 unspecified atom stereocenters. The maximum absolute atomic E-state index is 12.0. The molecular formula is C18H17N3O2S. The molecule has 3 aromatic rings. The van der Waals surface area contributed by atoms with Crippen LogP contribution in [-0.2, 0) is 4.79 Å². The number of hydrogen-bond acceptors (Lipinski definition) is 5. The molecular weight excluding hydrogens is 322 g/mol. The maximum Gasteiger partial charge on any atom is 0.196 e. The number of rotatable bonds is 4. The molecule has 0 amide bonds. The Balaban J connectivity index is 1.81. The number of ketones is 1. The number of thioether (sulfide) groups is 1. The Morgan fingerprint density at radius 1 is 1.21 bits per heavy atom. The highest BCUT2D eigenvalue weighted by atomic mass is 32.2. The smallest absolute Gasteiger partial charge is 0.196 e. The van der Waals surface area contributed by atoms with Gasteiger partial charge in [-0.15, -0.1) is 10.2 Å². The molecule has 24 heavy (non-hydrogen) atoms. The van der Waals surface area contributed by atoms with Crippen molar-refractivity contribution in [2.45, 2.75) is 36.6 Å². The van der Waals surface area contributed by atoms with Crippen LogP contribution in [0.25, 0.3) is 17.1 Å². The monoisotopic (exact) mass is 339 g/mol. The Kier molecular flexibility index (Phi) is 3.98. The summed E-state index contributed by atoms with van der Waals surface area (Å²) in [6.45, 7) is 1.91. The minimum Gasteiger partial charge on any atom is -0.469 e. The molecule has 1 aromatic carbocycles. The van der Waals surface area contributed by atoms with Crippen molar-refractivity contribution in [2.24, 2.45) is 0 Å². The van der Waals surface area contributed by atoms with Crippen LogP contribution in [0.4, 0.5) is 0 Å². The van der Waals surface area contributed by atoms with Crippen LogP contribution in [0.1, 0.15) is 25.0 Å². The Morgan fingerprint density at radius 3 is 2.71 bits per heavy atom. The SMILES string of the molecule is Cc1occc1-c1nnc(SC2CCCC2=O)n1-c1ccccc1. The zero-order chi connectivity index (χ0) is 16.5. The lowest BCUT2D eigenvalue weighted by atomic mass is 10.2. The van der Waals surface area contributed by atoms with Crippen molar-refractivity contribution in [2.75, 3.05) is 0 Å². The van der Waals surface area contributed by atoms with Crippen molar-refractivity contribution < 1.29 is 9.21 Å². The molecule has 1 aliphatic rings. The molecule has 4 rings (SSSR count). The van der Waals surface area contributed by atoms with E-state index < -0.39 is 0 Å². The van der Waals surface area contributed by atoms with Crippen molar-refractivity contribution in [3.05, 3.63) is 48.4 Å². The number of furan rings is 1. The van der Waals surface area contributed by atoms with E-state index in [1.807, 2.05) is 47.9 Å². The van der Waals surface area contributed by atoms with Crippen LogP contribution >= 0.6 is 11.8 Å². The third kappa shape index (κ3) is 2.67. The Morgan fingerprint density at radius 2 is 2.04 bits per heavy atom. The number of benzene rings is 1. The highest BCUT2D eigenvalue weighted by Crippen LogP contribution is 2.35. The average molecular weight is 339 g/mol. The number of para-hydroxylation sites is 1. The van der Waals surface area contributed by atoms with Gasteiger partial charge in [0, 0.05) is 12.1 Å². The van der Waals surface area contributed by atoms with Crippen LogP contribution in [0.5, 0.6) is 0 Å². The second-order valence-corrected chi connectivity index (χ2v) is 7.00. The molecule has 5 nitrogen and oxygen atoms in total. The van der Waals surface area contributed by atoms with Gasteiger partial charge in [-0.1, -0.05) is 30.0 Å². The second-order valence-electron chi connectivity index (χ2n) is 5.83. The minimum absolute atomic E-state index is 0.0186. The van der Waals surface area contributed by atoms with Crippen molar-refractivity contribution in [1.82, 2.24) is 14.8 Å². The molecule has 1 atom stereocenters. The molecule has 1 aliphatic carbocycles. The molecule has 0 N–H and O–H groups in total. The Hall–Kier alpha value is -2.34. The fourth-order valence-corrected chi connectivity index (χ4v) is 4.16. The summed E-state index contributed by atoms with van der Waals surface area (Å²) in [6, 6.07) is 11.9. The molecule has 0 radical (unpaired) electrons. The van der Waals surface area contributed by atoms with E-state index >= 15 is 0 Å². The molecule has 0 aliphatic heterocycles. The number of aromatic nitrogens is 3. The van der Waals surface area contributed by atoms with Crippen molar-refractivity contribution in [1.29, 1.82) is 0 Å². The van der Waals surface area contributed by atoms with Crippen LogP contribution in [0.3, 0.4) is 0 Å². The van der Waals surface area contributed by atoms with Gasteiger partial charge in [0.25, 0.3) is 0 Å². The third-order valence-corrected chi connectivity index (χ3v) is 5.50. The van der Waals surface area contributed by atoms with E-state index in [2.05, 4.69) is 10.2 Å². The van der Waals surface area contributed by atoms with E-state index in [1.165, 1.54) is 11.8 Å². The quantitative estimate of drug-likeness (QED) is 0.717. The summed E-state index contributed by atoms with van der Waals surface area (Å²) in [5, 5.41) is 9.48. The molecule has 2 aromatic heterocycles. The van der Waals surface area contributed by atoms with Gasteiger partial charge >= 0.3 is 0 Å². The van der Waals surface area contributed by atoms with Crippen LogP contribution in [0.15, 0.2) is 52.2 Å². The highest BCUT2D eigenvalue weighted by Gasteiger charge is 2.28. The van der Waals surface area contributed by atoms with Gasteiger partial charge in [-0.2, -0.15) is 0 Å². The summed E-state index contributed by atoms with van der Waals surface area (Å²) in [5.74, 6) is 1.84. The minimum atomic E-state index is -0.0186. The zero-order valence-electron chi connectivity index (χ0n) is 13.3. The van der Waals surface area contributed by atoms with Gasteiger partial charge in [0.2, 0.25) is 0 Å². The molecule has 122 valence electrons. The molecule has 0 spiro atoms.